The number of benzene rings is 2. The van der Waals surface area contributed by atoms with Crippen LogP contribution < -0.4 is 0 Å². The molecule has 0 unspecified atom stereocenters. The molecule has 0 spiro atoms. The number of hydrogen-bond acceptors (Lipinski definition) is 7. The Labute approximate surface area is 192 Å². The maximum atomic E-state index is 10.7. The van der Waals surface area contributed by atoms with E-state index in [1.54, 1.807) is 18.2 Å². The minimum Gasteiger partial charge on any atom is -0.494 e. The minimum absolute atomic E-state index is 0.00517. The molecule has 5 rings (SSSR count). The number of H-pyrrole nitrogens is 1. The standard InChI is InChI=1S/C25H26N6O2/c1-30-10-12-31(13-11-30)9-4-14-33-29-23-18-5-2-3-6-20(18)27-24(23)22-19-15-17(16-26)7-8-21(19)28-25(22)32/h2-3,5-8,15,28,32H,4,9-14H2,1H3. The van der Waals surface area contributed by atoms with Gasteiger partial charge in [0.25, 0.3) is 0 Å². The zero-order valence-corrected chi connectivity index (χ0v) is 18.6. The van der Waals surface area contributed by atoms with Crippen LogP contribution in [0, 0.1) is 11.3 Å². The molecule has 2 aliphatic heterocycles. The lowest BCUT2D eigenvalue weighted by Gasteiger charge is -2.32. The van der Waals surface area contributed by atoms with Gasteiger partial charge in [0, 0.05) is 49.2 Å². The number of aromatic amines is 1. The molecule has 0 atom stereocenters. The number of aliphatic imine (C=N–C) groups is 1. The summed E-state index contributed by atoms with van der Waals surface area (Å²) in [7, 11) is 2.15. The van der Waals surface area contributed by atoms with Gasteiger partial charge in [0.05, 0.1) is 22.9 Å². The van der Waals surface area contributed by atoms with Gasteiger partial charge < -0.3 is 24.7 Å². The summed E-state index contributed by atoms with van der Waals surface area (Å²) < 4.78 is 0. The third-order valence-corrected chi connectivity index (χ3v) is 6.22. The Morgan fingerprint density at radius 1 is 1.18 bits per heavy atom. The van der Waals surface area contributed by atoms with Crippen LogP contribution in [0.5, 0.6) is 5.88 Å². The van der Waals surface area contributed by atoms with Gasteiger partial charge in [-0.25, -0.2) is 4.99 Å². The molecule has 8 heteroatoms. The summed E-state index contributed by atoms with van der Waals surface area (Å²) in [6, 6.07) is 15.1. The van der Waals surface area contributed by atoms with E-state index < -0.39 is 0 Å². The van der Waals surface area contributed by atoms with E-state index in [2.05, 4.69) is 33.1 Å². The van der Waals surface area contributed by atoms with Crippen LogP contribution in [0.15, 0.2) is 52.6 Å². The highest BCUT2D eigenvalue weighted by Gasteiger charge is 2.29. The molecule has 0 aliphatic carbocycles. The zero-order chi connectivity index (χ0) is 22.8. The Morgan fingerprint density at radius 3 is 2.82 bits per heavy atom. The Balaban J connectivity index is 1.38. The first-order valence-electron chi connectivity index (χ1n) is 11.2. The van der Waals surface area contributed by atoms with Crippen molar-refractivity contribution in [3.05, 3.63) is 59.2 Å². The van der Waals surface area contributed by atoms with E-state index in [1.165, 1.54) is 0 Å². The van der Waals surface area contributed by atoms with Crippen molar-refractivity contribution in [2.45, 2.75) is 6.42 Å². The van der Waals surface area contributed by atoms with Crippen LogP contribution >= 0.6 is 0 Å². The van der Waals surface area contributed by atoms with Gasteiger partial charge in [-0.15, -0.1) is 0 Å². The van der Waals surface area contributed by atoms with Gasteiger partial charge in [-0.3, -0.25) is 0 Å². The van der Waals surface area contributed by atoms with Crippen molar-refractivity contribution in [3.63, 3.8) is 0 Å². The van der Waals surface area contributed by atoms with Gasteiger partial charge in [0.1, 0.15) is 18.0 Å². The quantitative estimate of drug-likeness (QED) is 0.451. The number of aromatic hydroxyl groups is 1. The first-order valence-corrected chi connectivity index (χ1v) is 11.2. The normalized spacial score (nSPS) is 17.8. The summed E-state index contributed by atoms with van der Waals surface area (Å²) in [4.78, 5) is 18.3. The van der Waals surface area contributed by atoms with Crippen LogP contribution in [0.25, 0.3) is 10.9 Å². The third kappa shape index (κ3) is 4.21. The smallest absolute Gasteiger partial charge is 0.199 e. The van der Waals surface area contributed by atoms with Gasteiger partial charge in [-0.1, -0.05) is 23.4 Å². The molecular weight excluding hydrogens is 416 g/mol. The Bertz CT molecular complexity index is 1280. The highest BCUT2D eigenvalue weighted by atomic mass is 16.6. The Morgan fingerprint density at radius 2 is 2.00 bits per heavy atom. The van der Waals surface area contributed by atoms with Crippen LogP contribution in [-0.4, -0.2) is 77.7 Å². The van der Waals surface area contributed by atoms with E-state index in [1.807, 2.05) is 24.3 Å². The second-order valence-corrected chi connectivity index (χ2v) is 8.47. The van der Waals surface area contributed by atoms with Crippen molar-refractivity contribution < 1.29 is 9.94 Å². The molecule has 0 bridgehead atoms. The van der Waals surface area contributed by atoms with Gasteiger partial charge >= 0.3 is 0 Å². The summed E-state index contributed by atoms with van der Waals surface area (Å²) in [5.41, 5.74) is 4.52. The van der Waals surface area contributed by atoms with Crippen LogP contribution in [0.2, 0.25) is 0 Å². The summed E-state index contributed by atoms with van der Waals surface area (Å²) in [6.45, 7) is 5.85. The lowest BCUT2D eigenvalue weighted by Crippen LogP contribution is -2.44. The number of nitrogens with one attached hydrogen (secondary N) is 1. The SMILES string of the molecule is CN1CCN(CCCON=C2C(c3c(O)[nH]c4ccc(C#N)cc34)=Nc3ccccc32)CC1. The van der Waals surface area contributed by atoms with Gasteiger partial charge in [-0.05, 0) is 37.7 Å². The lowest BCUT2D eigenvalue weighted by molar-refractivity contribution is 0.111. The van der Waals surface area contributed by atoms with Gasteiger partial charge in [0.2, 0.25) is 0 Å². The molecule has 0 radical (unpaired) electrons. The molecule has 33 heavy (non-hydrogen) atoms. The number of para-hydroxylation sites is 1. The van der Waals surface area contributed by atoms with Crippen LogP contribution in [0.1, 0.15) is 23.1 Å². The van der Waals surface area contributed by atoms with Crippen LogP contribution in [0.4, 0.5) is 5.69 Å². The molecular formula is C25H26N6O2. The highest BCUT2D eigenvalue weighted by Crippen LogP contribution is 2.36. The predicted octanol–water partition coefficient (Wildman–Crippen LogP) is 3.24. The minimum atomic E-state index is -0.00517. The number of likely N-dealkylation sites (N-methyl/N-ethyl adjacent to an activating group) is 1. The van der Waals surface area contributed by atoms with Crippen LogP contribution in [0.3, 0.4) is 0 Å². The molecule has 3 aromatic rings. The maximum absolute atomic E-state index is 10.7. The van der Waals surface area contributed by atoms with Crippen molar-refractivity contribution >= 4 is 28.0 Å². The van der Waals surface area contributed by atoms with Gasteiger partial charge in [0.15, 0.2) is 5.88 Å². The second-order valence-electron chi connectivity index (χ2n) is 8.47. The molecule has 1 saturated heterocycles. The fraction of sp³-hybridized carbons (Fsp3) is 0.320. The lowest BCUT2D eigenvalue weighted by atomic mass is 10.0. The van der Waals surface area contributed by atoms with E-state index in [4.69, 9.17) is 9.83 Å². The second kappa shape index (κ2) is 9.06. The average Bonchev–Trinajstić information content (AvgIpc) is 3.35. The zero-order valence-electron chi connectivity index (χ0n) is 18.6. The Hall–Kier alpha value is -3.67. The number of fused-ring (bicyclic) bond motifs is 2. The summed E-state index contributed by atoms with van der Waals surface area (Å²) >= 11 is 0. The third-order valence-electron chi connectivity index (χ3n) is 6.22. The van der Waals surface area contributed by atoms with E-state index in [0.717, 1.165) is 61.3 Å². The van der Waals surface area contributed by atoms with Gasteiger partial charge in [-0.2, -0.15) is 5.26 Å². The molecule has 0 saturated carbocycles. The first kappa shape index (κ1) is 21.2. The van der Waals surface area contributed by atoms with Crippen LogP contribution in [-0.2, 0) is 4.84 Å². The van der Waals surface area contributed by atoms with E-state index >= 15 is 0 Å². The fourth-order valence-electron chi connectivity index (χ4n) is 4.36. The fourth-order valence-corrected chi connectivity index (χ4v) is 4.36. The van der Waals surface area contributed by atoms with Crippen molar-refractivity contribution in [3.8, 4) is 11.9 Å². The van der Waals surface area contributed by atoms with Crippen molar-refractivity contribution in [1.29, 1.82) is 5.26 Å². The number of piperazine rings is 1. The number of nitrogens with zero attached hydrogens (tertiary/aromatic N) is 5. The highest BCUT2D eigenvalue weighted by molar-refractivity contribution is 6.58. The number of hydrogen-bond donors (Lipinski definition) is 2. The number of oxime groups is 1. The first-order chi connectivity index (χ1) is 16.1. The molecule has 1 fully saturated rings. The number of aromatic nitrogens is 1. The summed E-state index contributed by atoms with van der Waals surface area (Å²) in [5, 5.41) is 25.2. The Kier molecular flexibility index (Phi) is 5.82. The summed E-state index contributed by atoms with van der Waals surface area (Å²) in [6.07, 6.45) is 0.887. The van der Waals surface area contributed by atoms with E-state index in [9.17, 15) is 10.4 Å². The number of nitriles is 1. The summed E-state index contributed by atoms with van der Waals surface area (Å²) in [5.74, 6) is -0.00517. The maximum Gasteiger partial charge on any atom is 0.199 e. The van der Waals surface area contributed by atoms with Crippen molar-refractivity contribution in [2.75, 3.05) is 46.4 Å². The largest absolute Gasteiger partial charge is 0.494 e. The van der Waals surface area contributed by atoms with E-state index in [0.29, 0.717) is 29.2 Å². The monoisotopic (exact) mass is 442 g/mol. The average molecular weight is 443 g/mol. The molecule has 3 heterocycles. The van der Waals surface area contributed by atoms with Crippen molar-refractivity contribution in [2.24, 2.45) is 10.1 Å². The van der Waals surface area contributed by atoms with Crippen molar-refractivity contribution in [1.82, 2.24) is 14.8 Å². The molecule has 2 aromatic carbocycles. The molecule has 2 N–H and O–H groups in total. The number of rotatable bonds is 6. The molecule has 8 nitrogen and oxygen atoms in total. The predicted molar refractivity (Wildman–Crippen MR) is 128 cm³/mol. The molecule has 1 aromatic heterocycles. The molecule has 168 valence electrons. The topological polar surface area (TPSA) is 100 Å². The van der Waals surface area contributed by atoms with E-state index in [-0.39, 0.29) is 5.88 Å². The molecule has 2 aliphatic rings. The molecule has 0 amide bonds.